The number of allylic oxidation sites excluding steroid dienone is 2. The number of ketones is 2. The first-order chi connectivity index (χ1) is 48.9. The zero-order chi connectivity index (χ0) is 74.4. The van der Waals surface area contributed by atoms with Gasteiger partial charge < -0.3 is 84.3 Å². The monoisotopic (exact) mass is 1580 g/mol. The maximum atomic E-state index is 13.4. The number of amides is 2. The molecule has 6 aromatic rings. The predicted octanol–water partition coefficient (Wildman–Crippen LogP) is 5.16. The van der Waals surface area contributed by atoms with Crippen molar-refractivity contribution >= 4 is 139 Å². The molecular formula is C70H71BrClN10O18S4-. The third kappa shape index (κ3) is 18.1. The number of benzene rings is 4. The molecule has 2 amide bonds. The molecule has 2 aromatic heterocycles. The number of aliphatic carboxylic acids is 4. The fourth-order valence-corrected chi connectivity index (χ4v) is 15.5. The topological polar surface area (TPSA) is 441 Å². The van der Waals surface area contributed by atoms with Gasteiger partial charge in [-0.25, -0.2) is 29.1 Å². The van der Waals surface area contributed by atoms with E-state index in [1.54, 1.807) is 48.6 Å². The van der Waals surface area contributed by atoms with Crippen LogP contribution in [0.15, 0.2) is 129 Å². The van der Waals surface area contributed by atoms with Crippen molar-refractivity contribution in [3.05, 3.63) is 174 Å². The molecule has 4 aromatic carbocycles. The Morgan fingerprint density at radius 1 is 0.615 bits per heavy atom. The van der Waals surface area contributed by atoms with Crippen LogP contribution in [0.25, 0.3) is 12.2 Å². The van der Waals surface area contributed by atoms with E-state index in [-0.39, 0.29) is 97.3 Å². The van der Waals surface area contributed by atoms with E-state index in [0.717, 1.165) is 99.7 Å². The van der Waals surface area contributed by atoms with Gasteiger partial charge in [-0.15, -0.1) is 57.8 Å². The molecule has 2 saturated heterocycles. The Bertz CT molecular complexity index is 4530. The summed E-state index contributed by atoms with van der Waals surface area (Å²) in [6.07, 6.45) is 7.99. The molecule has 0 unspecified atom stereocenters. The number of carboxylic acids is 4. The average Bonchev–Trinajstić information content (AvgIpc) is 0.843. The lowest BCUT2D eigenvalue weighted by Gasteiger charge is -2.49. The van der Waals surface area contributed by atoms with Gasteiger partial charge in [-0.1, -0.05) is 83.1 Å². The number of nitrogen functional groups attached to an aromatic ring is 2. The van der Waals surface area contributed by atoms with E-state index >= 15 is 0 Å². The summed E-state index contributed by atoms with van der Waals surface area (Å²) in [4.78, 5) is 124. The van der Waals surface area contributed by atoms with Gasteiger partial charge in [0.05, 0.1) is 22.6 Å². The number of nitrogens with two attached hydrogens (primary N) is 2. The fourth-order valence-electron chi connectivity index (χ4n) is 11.5. The number of phenolic OH excluding ortho intramolecular Hbond substituents is 4. The van der Waals surface area contributed by atoms with Crippen LogP contribution >= 0.6 is 57.8 Å². The first kappa shape index (κ1) is 78.5. The van der Waals surface area contributed by atoms with Gasteiger partial charge in [0.25, 0.3) is 0 Å². The number of alkyl halides is 1. The number of aromatic nitrogens is 2. The van der Waals surface area contributed by atoms with Crippen molar-refractivity contribution in [2.24, 2.45) is 22.1 Å². The van der Waals surface area contributed by atoms with Crippen molar-refractivity contribution in [3.8, 4) is 23.0 Å². The number of hydrogen-bond donors (Lipinski definition) is 11. The third-order valence-electron chi connectivity index (χ3n) is 17.3. The van der Waals surface area contributed by atoms with Crippen molar-refractivity contribution in [1.29, 1.82) is 0 Å². The lowest BCUT2D eigenvalue weighted by molar-refractivity contribution is -0.161. The lowest BCUT2D eigenvalue weighted by atomic mass is 9.89. The van der Waals surface area contributed by atoms with Gasteiger partial charge in [-0.2, -0.15) is 0 Å². The molecule has 28 nitrogen and oxygen atoms in total. The first-order valence-electron chi connectivity index (χ1n) is 31.8. The number of carbonyl (C=O) groups excluding carboxylic acids is 4. The van der Waals surface area contributed by atoms with E-state index in [0.29, 0.717) is 41.6 Å². The minimum Gasteiger partial charge on any atom is -1.00 e. The number of phenols is 4. The maximum Gasteiger partial charge on any atom is 0.352 e. The summed E-state index contributed by atoms with van der Waals surface area (Å²) in [7, 11) is 0. The SMILES string of the molecule is CC(C)(O/N=C(\C(=O)C[C@@H]1C(=O)N2C(C(=O)O)=C(C=Cc3ccc(CCl)cc3)CS[C@H]12)c1csc(N)n1)C(=O)O.CC(C)(O/N=C(\C(=O)C[C@@H]1C(=O)N2C(C(=O)O)=C(C=Cc3ccc(CN4CCc5cc(O)c(O)cc5C4)cc3)CS[C@H]12)c1csc(N)n1)C(=O)O.Oc1cc2c(cc1O)CNCC2.[Br-]. The van der Waals surface area contributed by atoms with Gasteiger partial charge in [0.2, 0.25) is 23.0 Å². The summed E-state index contributed by atoms with van der Waals surface area (Å²) >= 11 is 10.6. The van der Waals surface area contributed by atoms with Crippen LogP contribution in [0.5, 0.6) is 23.0 Å². The molecule has 0 radical (unpaired) electrons. The molecule has 6 aliphatic rings. The molecule has 34 heteroatoms. The highest BCUT2D eigenvalue weighted by Crippen LogP contribution is 2.48. The van der Waals surface area contributed by atoms with Crippen molar-refractivity contribution < 1.29 is 106 Å². The van der Waals surface area contributed by atoms with Crippen molar-refractivity contribution in [3.63, 3.8) is 0 Å². The van der Waals surface area contributed by atoms with Crippen LogP contribution in [-0.4, -0.2) is 171 Å². The van der Waals surface area contributed by atoms with Gasteiger partial charge in [0, 0.05) is 67.2 Å². The number of aromatic hydroxyl groups is 4. The van der Waals surface area contributed by atoms with Crippen molar-refractivity contribution in [2.45, 2.75) is 101 Å². The second-order valence-corrected chi connectivity index (χ2v) is 29.6. The third-order valence-corrected chi connectivity index (χ3v) is 21.7. The number of oxime groups is 2. The molecule has 548 valence electrons. The molecule has 12 rings (SSSR count). The van der Waals surface area contributed by atoms with E-state index in [2.05, 4.69) is 30.5 Å². The number of β-lactam (4-membered cyclic amide) rings is 2. The molecular weight excluding hydrogens is 1510 g/mol. The number of fused-ring (bicyclic) bond motifs is 4. The fraction of sp³-hybridized carbons (Fsp3) is 0.314. The molecule has 0 saturated carbocycles. The summed E-state index contributed by atoms with van der Waals surface area (Å²) in [5.74, 6) is -8.32. The van der Waals surface area contributed by atoms with Crippen LogP contribution in [0.2, 0.25) is 0 Å². The largest absolute Gasteiger partial charge is 1.00 e. The number of hydrogen-bond acceptors (Lipinski definition) is 26. The zero-order valence-corrected chi connectivity index (χ0v) is 61.6. The van der Waals surface area contributed by atoms with Crippen LogP contribution in [0.3, 0.4) is 0 Å². The lowest BCUT2D eigenvalue weighted by Crippen LogP contribution is -3.00. The predicted molar refractivity (Wildman–Crippen MR) is 387 cm³/mol. The van der Waals surface area contributed by atoms with Crippen molar-refractivity contribution in [2.75, 3.05) is 36.1 Å². The standard InChI is InChI=1S/C35H35N5O9S2.C26H25ClN4O7S2.C9H11NO2.BrH/c1-35(2,33(47)48)49-38-28(24-17-51-34(36)37-24)27(43)13-23-30(44)40-29(32(45)46)21(16-50-31(23)40)8-7-18-3-5-19(6-4-18)14-39-10-9-20-11-25(41)26(42)12-22(20)15-39;1-26(2,24(36)37)38-30-19(17-12-40-25(28)29-17)18(32)9-16-21(33)31-20(23(34)35)15(11-39-22(16)31)8-7-13-3-5-14(10-27)6-4-13;11-8-3-6-1-2-10-5-7(6)4-9(8)12;/h3-8,11-12,17,23,31,41-42H,9-10,13-16H2,1-2H3,(H2,36,37)(H,45,46)(H,47,48);3-8,12,16,22H,9-11H2,1-2H3,(H2,28,29)(H,34,35)(H,36,37);3-4,10-12H,1-2,5H2;1H/p-1/b8-7?,38-28-;8-7?,30-19-;;/t23-,31-;16-,22-;;/m11../s1. The molecule has 13 N–H and O–H groups in total. The quantitative estimate of drug-likeness (QED) is 0.0130. The highest BCUT2D eigenvalue weighted by molar-refractivity contribution is 8.00. The van der Waals surface area contributed by atoms with E-state index < -0.39 is 81.0 Å². The second-order valence-electron chi connectivity index (χ2n) is 25.4. The number of nitrogens with zero attached hydrogens (tertiary/aromatic N) is 7. The van der Waals surface area contributed by atoms with Crippen LogP contribution in [0.4, 0.5) is 10.3 Å². The van der Waals surface area contributed by atoms with E-state index in [9.17, 15) is 79.2 Å². The smallest absolute Gasteiger partial charge is 0.352 e. The normalized spacial score (nSPS) is 18.8. The maximum absolute atomic E-state index is 13.4. The minimum absolute atomic E-state index is 0. The van der Waals surface area contributed by atoms with E-state index in [4.69, 9.17) is 32.7 Å². The minimum atomic E-state index is -1.75. The van der Waals surface area contributed by atoms with E-state index in [1.165, 1.54) is 71.8 Å². The summed E-state index contributed by atoms with van der Waals surface area (Å²) in [6.45, 7) is 8.94. The Balaban J connectivity index is 0.000000209. The second kappa shape index (κ2) is 33.4. The van der Waals surface area contributed by atoms with E-state index in [1.807, 2.05) is 48.5 Å². The van der Waals surface area contributed by atoms with Gasteiger partial charge in [0.15, 0.2) is 56.3 Å². The Hall–Kier alpha value is -9.61. The Morgan fingerprint density at radius 2 is 1.03 bits per heavy atom. The van der Waals surface area contributed by atoms with Gasteiger partial charge >= 0.3 is 23.9 Å². The molecule has 2 fully saturated rings. The van der Waals surface area contributed by atoms with Crippen LogP contribution in [0.1, 0.15) is 96.4 Å². The number of carbonyl (C=O) groups is 8. The molecule has 104 heavy (non-hydrogen) atoms. The number of thiazole rings is 2. The molecule has 0 bridgehead atoms. The average molecular weight is 1580 g/mol. The van der Waals surface area contributed by atoms with Crippen LogP contribution in [0, 0.1) is 11.8 Å². The summed E-state index contributed by atoms with van der Waals surface area (Å²) < 4.78 is 0. The molecule has 4 atom stereocenters. The number of rotatable bonds is 23. The molecule has 6 aliphatic heterocycles. The van der Waals surface area contributed by atoms with Gasteiger partial charge in [-0.05, 0) is 127 Å². The number of Topliss-reactive ketones (excluding diaryl/α,β-unsaturated/α-hetero) is 2. The van der Waals surface area contributed by atoms with Crippen LogP contribution < -0.4 is 33.8 Å². The highest BCUT2D eigenvalue weighted by Gasteiger charge is 2.55. The van der Waals surface area contributed by atoms with Crippen LogP contribution in [-0.2, 0) is 86.4 Å². The summed E-state index contributed by atoms with van der Waals surface area (Å²) in [5.41, 5.74) is 16.2. The Morgan fingerprint density at radius 3 is 1.43 bits per heavy atom. The number of carboxylic acid groups (broad SMARTS) is 4. The summed E-state index contributed by atoms with van der Waals surface area (Å²) in [6, 6.07) is 21.8. The highest BCUT2D eigenvalue weighted by atomic mass is 79.9. The molecule has 0 spiro atoms. The molecule has 0 aliphatic carbocycles. The first-order valence-corrected chi connectivity index (χ1v) is 36.2. The zero-order valence-electron chi connectivity index (χ0n) is 56.0. The molecule has 8 heterocycles. The van der Waals surface area contributed by atoms with Crippen molar-refractivity contribution in [1.82, 2.24) is 30.0 Å². The Labute approximate surface area is 626 Å². The van der Waals surface area contributed by atoms with Gasteiger partial charge in [0.1, 0.15) is 22.8 Å². The number of halogens is 2. The summed E-state index contributed by atoms with van der Waals surface area (Å²) in [5, 5.41) is 89.7. The number of thioether (sulfide) groups is 2. The Kier molecular flexibility index (Phi) is 25.3. The number of anilines is 2. The number of nitrogens with one attached hydrogen (secondary N) is 1. The van der Waals surface area contributed by atoms with Gasteiger partial charge in [-0.3, -0.25) is 33.9 Å².